The third-order valence-corrected chi connectivity index (χ3v) is 2.72. The van der Waals surface area contributed by atoms with Gasteiger partial charge in [0.05, 0.1) is 11.2 Å². The molecular formula is C14H17N3O. The summed E-state index contributed by atoms with van der Waals surface area (Å²) in [4.78, 5) is 16.2. The van der Waals surface area contributed by atoms with E-state index < -0.39 is 0 Å². The van der Waals surface area contributed by atoms with Gasteiger partial charge >= 0.3 is 0 Å². The summed E-state index contributed by atoms with van der Waals surface area (Å²) in [5, 5.41) is 6.87. The number of carbonyl (C=O) groups is 1. The number of rotatable bonds is 4. The minimum Gasteiger partial charge on any atom is -0.325 e. The molecule has 0 aliphatic rings. The quantitative estimate of drug-likeness (QED) is 0.864. The summed E-state index contributed by atoms with van der Waals surface area (Å²) in [5.41, 5.74) is 2.64. The molecule has 1 amide bonds. The number of hydrogen-bond acceptors (Lipinski definition) is 3. The van der Waals surface area contributed by atoms with Gasteiger partial charge in [0.1, 0.15) is 0 Å². The van der Waals surface area contributed by atoms with Crippen LogP contribution in [0.25, 0.3) is 10.9 Å². The van der Waals surface area contributed by atoms with Crippen LogP contribution in [0.2, 0.25) is 0 Å². The molecule has 94 valence electrons. The molecule has 2 rings (SSSR count). The highest BCUT2D eigenvalue weighted by Crippen LogP contribution is 2.22. The third kappa shape index (κ3) is 2.84. The second-order valence-electron chi connectivity index (χ2n) is 4.23. The number of para-hydroxylation sites is 1. The minimum atomic E-state index is 0.0140. The van der Waals surface area contributed by atoms with Gasteiger partial charge in [-0.25, -0.2) is 0 Å². The van der Waals surface area contributed by atoms with E-state index in [-0.39, 0.29) is 5.91 Å². The van der Waals surface area contributed by atoms with Crippen LogP contribution in [0.1, 0.15) is 12.1 Å². The van der Waals surface area contributed by atoms with E-state index in [1.807, 2.05) is 44.3 Å². The Labute approximate surface area is 106 Å². The normalized spacial score (nSPS) is 10.6. The van der Waals surface area contributed by atoms with Crippen molar-refractivity contribution in [3.63, 3.8) is 0 Å². The molecule has 4 heteroatoms. The molecule has 2 N–H and O–H groups in total. The van der Waals surface area contributed by atoms with E-state index in [9.17, 15) is 4.79 Å². The Hall–Kier alpha value is -1.94. The minimum absolute atomic E-state index is 0.0140. The van der Waals surface area contributed by atoms with Crippen LogP contribution in [0, 0.1) is 6.92 Å². The molecule has 0 atom stereocenters. The highest BCUT2D eigenvalue weighted by molar-refractivity contribution is 6.01. The number of benzene rings is 1. The van der Waals surface area contributed by atoms with Gasteiger partial charge in [-0.15, -0.1) is 0 Å². The summed E-state index contributed by atoms with van der Waals surface area (Å²) in [5.74, 6) is 0.0140. The van der Waals surface area contributed by atoms with Gasteiger partial charge in [0, 0.05) is 24.0 Å². The van der Waals surface area contributed by atoms with Crippen molar-refractivity contribution < 1.29 is 4.79 Å². The van der Waals surface area contributed by atoms with E-state index in [4.69, 9.17) is 0 Å². The summed E-state index contributed by atoms with van der Waals surface area (Å²) in [6, 6.07) is 9.71. The molecular weight excluding hydrogens is 226 g/mol. The van der Waals surface area contributed by atoms with E-state index in [1.165, 1.54) is 0 Å². The first-order valence-electron chi connectivity index (χ1n) is 6.01. The van der Waals surface area contributed by atoms with Crippen LogP contribution in [0.3, 0.4) is 0 Å². The predicted molar refractivity (Wildman–Crippen MR) is 73.7 cm³/mol. The van der Waals surface area contributed by atoms with Gasteiger partial charge in [-0.1, -0.05) is 18.2 Å². The molecule has 0 fully saturated rings. The molecule has 0 saturated carbocycles. The zero-order chi connectivity index (χ0) is 13.0. The van der Waals surface area contributed by atoms with Crippen LogP contribution in [0.15, 0.2) is 30.3 Å². The number of aromatic nitrogens is 1. The Balaban J connectivity index is 2.29. The topological polar surface area (TPSA) is 54.0 Å². The molecule has 1 aromatic carbocycles. The zero-order valence-electron chi connectivity index (χ0n) is 10.7. The van der Waals surface area contributed by atoms with Gasteiger partial charge in [0.2, 0.25) is 5.91 Å². The largest absolute Gasteiger partial charge is 0.325 e. The molecule has 0 bridgehead atoms. The molecule has 1 aromatic heterocycles. The standard InChI is InChI=1S/C14H17N3O/c1-10-9-13(17-14(18)7-8-15-2)11-5-3-4-6-12(11)16-10/h3-6,9,15H,7-8H2,1-2H3,(H,16,17,18). The summed E-state index contributed by atoms with van der Waals surface area (Å²) in [7, 11) is 1.83. The smallest absolute Gasteiger partial charge is 0.225 e. The van der Waals surface area contributed by atoms with Gasteiger partial charge in [0.15, 0.2) is 0 Å². The van der Waals surface area contributed by atoms with Crippen LogP contribution >= 0.6 is 0 Å². The van der Waals surface area contributed by atoms with E-state index in [2.05, 4.69) is 15.6 Å². The number of nitrogens with zero attached hydrogens (tertiary/aromatic N) is 1. The Morgan fingerprint density at radius 3 is 2.89 bits per heavy atom. The Kier molecular flexibility index (Phi) is 3.89. The second kappa shape index (κ2) is 5.60. The van der Waals surface area contributed by atoms with E-state index >= 15 is 0 Å². The molecule has 0 unspecified atom stereocenters. The number of anilines is 1. The lowest BCUT2D eigenvalue weighted by molar-refractivity contribution is -0.116. The number of fused-ring (bicyclic) bond motifs is 1. The predicted octanol–water partition coefficient (Wildman–Crippen LogP) is 2.09. The number of pyridine rings is 1. The molecule has 0 aliphatic carbocycles. The van der Waals surface area contributed by atoms with E-state index in [0.717, 1.165) is 22.3 Å². The van der Waals surface area contributed by atoms with E-state index in [1.54, 1.807) is 0 Å². The van der Waals surface area contributed by atoms with Crippen molar-refractivity contribution in [2.24, 2.45) is 0 Å². The lowest BCUT2D eigenvalue weighted by atomic mass is 10.1. The second-order valence-corrected chi connectivity index (χ2v) is 4.23. The Morgan fingerprint density at radius 1 is 1.33 bits per heavy atom. The van der Waals surface area contributed by atoms with Crippen molar-refractivity contribution in [1.82, 2.24) is 10.3 Å². The first kappa shape index (κ1) is 12.5. The zero-order valence-corrected chi connectivity index (χ0v) is 10.7. The maximum atomic E-state index is 11.8. The first-order valence-corrected chi connectivity index (χ1v) is 6.01. The van der Waals surface area contributed by atoms with Crippen molar-refractivity contribution in [2.75, 3.05) is 18.9 Å². The lowest BCUT2D eigenvalue weighted by Gasteiger charge is -2.09. The number of nitrogens with one attached hydrogen (secondary N) is 2. The molecule has 0 radical (unpaired) electrons. The van der Waals surface area contributed by atoms with Gasteiger partial charge in [0.25, 0.3) is 0 Å². The van der Waals surface area contributed by atoms with Crippen molar-refractivity contribution >= 4 is 22.5 Å². The Bertz CT molecular complexity index is 566. The van der Waals surface area contributed by atoms with Crippen LogP contribution in [0.4, 0.5) is 5.69 Å². The fourth-order valence-electron chi connectivity index (χ4n) is 1.86. The van der Waals surface area contributed by atoms with Crippen LogP contribution in [0.5, 0.6) is 0 Å². The first-order chi connectivity index (χ1) is 8.70. The summed E-state index contributed by atoms with van der Waals surface area (Å²) in [6.45, 7) is 2.60. The van der Waals surface area contributed by atoms with Crippen LogP contribution < -0.4 is 10.6 Å². The Morgan fingerprint density at radius 2 is 2.11 bits per heavy atom. The summed E-state index contributed by atoms with van der Waals surface area (Å²) in [6.07, 6.45) is 0.464. The van der Waals surface area contributed by atoms with Crippen LogP contribution in [-0.4, -0.2) is 24.5 Å². The SMILES string of the molecule is CNCCC(=O)Nc1cc(C)nc2ccccc12. The molecule has 0 aliphatic heterocycles. The molecule has 18 heavy (non-hydrogen) atoms. The van der Waals surface area contributed by atoms with Gasteiger partial charge < -0.3 is 10.6 Å². The van der Waals surface area contributed by atoms with Gasteiger partial charge in [-0.2, -0.15) is 0 Å². The number of hydrogen-bond donors (Lipinski definition) is 2. The third-order valence-electron chi connectivity index (χ3n) is 2.72. The van der Waals surface area contributed by atoms with Crippen molar-refractivity contribution in [2.45, 2.75) is 13.3 Å². The van der Waals surface area contributed by atoms with Gasteiger partial charge in [-0.3, -0.25) is 9.78 Å². The average Bonchev–Trinajstić information content (AvgIpc) is 2.36. The lowest BCUT2D eigenvalue weighted by Crippen LogP contribution is -2.19. The fourth-order valence-corrected chi connectivity index (χ4v) is 1.86. The molecule has 4 nitrogen and oxygen atoms in total. The molecule has 2 aromatic rings. The summed E-state index contributed by atoms with van der Waals surface area (Å²) < 4.78 is 0. The highest BCUT2D eigenvalue weighted by Gasteiger charge is 2.06. The van der Waals surface area contributed by atoms with Crippen molar-refractivity contribution in [3.05, 3.63) is 36.0 Å². The molecule has 1 heterocycles. The summed E-state index contributed by atoms with van der Waals surface area (Å²) >= 11 is 0. The number of carbonyl (C=O) groups excluding carboxylic acids is 1. The van der Waals surface area contributed by atoms with Crippen molar-refractivity contribution in [1.29, 1.82) is 0 Å². The average molecular weight is 243 g/mol. The monoisotopic (exact) mass is 243 g/mol. The number of amides is 1. The molecule has 0 spiro atoms. The van der Waals surface area contributed by atoms with Crippen LogP contribution in [-0.2, 0) is 4.79 Å². The van der Waals surface area contributed by atoms with Crippen molar-refractivity contribution in [3.8, 4) is 0 Å². The fraction of sp³-hybridized carbons (Fsp3) is 0.286. The van der Waals surface area contributed by atoms with E-state index in [0.29, 0.717) is 13.0 Å². The maximum absolute atomic E-state index is 11.8. The molecule has 0 saturated heterocycles. The maximum Gasteiger partial charge on any atom is 0.225 e. The number of aryl methyl sites for hydroxylation is 1. The van der Waals surface area contributed by atoms with Gasteiger partial charge in [-0.05, 0) is 26.1 Å². The highest BCUT2D eigenvalue weighted by atomic mass is 16.1.